The predicted molar refractivity (Wildman–Crippen MR) is 79.2 cm³/mol. The van der Waals surface area contributed by atoms with Gasteiger partial charge in [0.25, 0.3) is 0 Å². The number of carbonyl (C=O) groups is 1. The van der Waals surface area contributed by atoms with Crippen molar-refractivity contribution in [3.8, 4) is 5.75 Å². The highest BCUT2D eigenvalue weighted by Gasteiger charge is 2.27. The molecule has 0 spiro atoms. The van der Waals surface area contributed by atoms with Gasteiger partial charge >= 0.3 is 0 Å². The van der Waals surface area contributed by atoms with Gasteiger partial charge in [0.1, 0.15) is 11.5 Å². The molecule has 0 aliphatic heterocycles. The molecule has 1 unspecified atom stereocenters. The zero-order valence-corrected chi connectivity index (χ0v) is 11.6. The van der Waals surface area contributed by atoms with Crippen LogP contribution in [0, 0.1) is 0 Å². The monoisotopic (exact) mass is 266 g/mol. The van der Waals surface area contributed by atoms with Crippen molar-refractivity contribution in [1.82, 2.24) is 0 Å². The third-order valence-electron chi connectivity index (χ3n) is 4.04. The number of methoxy groups -OCH3 is 1. The van der Waals surface area contributed by atoms with Crippen molar-refractivity contribution in [2.24, 2.45) is 0 Å². The van der Waals surface area contributed by atoms with Crippen molar-refractivity contribution < 1.29 is 9.53 Å². The number of ketones is 1. The minimum Gasteiger partial charge on any atom is -0.497 e. The normalized spacial score (nSPS) is 17.6. The summed E-state index contributed by atoms with van der Waals surface area (Å²) in [6.07, 6.45) is 2.26. The smallest absolute Gasteiger partial charge is 0.141 e. The largest absolute Gasteiger partial charge is 0.497 e. The average molecular weight is 266 g/mol. The van der Waals surface area contributed by atoms with E-state index in [1.165, 1.54) is 16.7 Å². The zero-order valence-electron chi connectivity index (χ0n) is 11.6. The maximum Gasteiger partial charge on any atom is 0.141 e. The van der Waals surface area contributed by atoms with Gasteiger partial charge in [-0.05, 0) is 41.7 Å². The number of benzene rings is 2. The van der Waals surface area contributed by atoms with Gasteiger partial charge in [0.2, 0.25) is 0 Å². The van der Waals surface area contributed by atoms with Crippen LogP contribution in [0.15, 0.2) is 48.5 Å². The third-order valence-corrected chi connectivity index (χ3v) is 4.04. The van der Waals surface area contributed by atoms with E-state index in [4.69, 9.17) is 4.74 Å². The van der Waals surface area contributed by atoms with Gasteiger partial charge in [-0.25, -0.2) is 0 Å². The van der Waals surface area contributed by atoms with Gasteiger partial charge in [0.15, 0.2) is 0 Å². The van der Waals surface area contributed by atoms with Crippen molar-refractivity contribution in [2.45, 2.75) is 25.2 Å². The van der Waals surface area contributed by atoms with Crippen LogP contribution >= 0.6 is 0 Å². The number of carbonyl (C=O) groups excluding carboxylic acids is 1. The van der Waals surface area contributed by atoms with Gasteiger partial charge < -0.3 is 4.74 Å². The standard InChI is InChI=1S/C18H18O2/c1-20-15-8-9-16-14(12-15)7-10-18(19)17(16)11-13-5-3-2-4-6-13/h2-6,8-9,12,17H,7,10-11H2,1H3. The van der Waals surface area contributed by atoms with Crippen LogP contribution in [0.4, 0.5) is 0 Å². The number of ether oxygens (including phenoxy) is 1. The first-order valence-electron chi connectivity index (χ1n) is 7.01. The molecule has 1 aliphatic carbocycles. The Kier molecular flexibility index (Phi) is 3.55. The molecule has 0 amide bonds. The summed E-state index contributed by atoms with van der Waals surface area (Å²) in [6, 6.07) is 16.3. The van der Waals surface area contributed by atoms with Crippen LogP contribution in [0.25, 0.3) is 0 Å². The van der Waals surface area contributed by atoms with E-state index in [0.29, 0.717) is 12.2 Å². The van der Waals surface area contributed by atoms with Crippen molar-refractivity contribution in [2.75, 3.05) is 7.11 Å². The summed E-state index contributed by atoms with van der Waals surface area (Å²) in [7, 11) is 1.68. The molecule has 0 heterocycles. The van der Waals surface area contributed by atoms with E-state index in [-0.39, 0.29) is 5.92 Å². The molecule has 2 heteroatoms. The van der Waals surface area contributed by atoms with E-state index in [2.05, 4.69) is 24.3 Å². The number of fused-ring (bicyclic) bond motifs is 1. The maximum atomic E-state index is 12.3. The van der Waals surface area contributed by atoms with Crippen LogP contribution in [0.5, 0.6) is 5.75 Å². The molecule has 0 aromatic heterocycles. The Balaban J connectivity index is 1.93. The van der Waals surface area contributed by atoms with Gasteiger partial charge in [-0.15, -0.1) is 0 Å². The summed E-state index contributed by atoms with van der Waals surface area (Å²) in [5.41, 5.74) is 3.64. The number of hydrogen-bond donors (Lipinski definition) is 0. The van der Waals surface area contributed by atoms with Crippen LogP contribution in [0.3, 0.4) is 0 Å². The van der Waals surface area contributed by atoms with E-state index in [9.17, 15) is 4.79 Å². The lowest BCUT2D eigenvalue weighted by molar-refractivity contribution is -0.120. The zero-order chi connectivity index (χ0) is 13.9. The second kappa shape index (κ2) is 5.49. The first kappa shape index (κ1) is 12.9. The molecule has 2 aromatic carbocycles. The molecule has 0 radical (unpaired) electrons. The Labute approximate surface area is 119 Å². The van der Waals surface area contributed by atoms with Gasteiger partial charge in [-0.3, -0.25) is 4.79 Å². The Morgan fingerprint density at radius 2 is 1.90 bits per heavy atom. The molecule has 2 aromatic rings. The quantitative estimate of drug-likeness (QED) is 0.849. The van der Waals surface area contributed by atoms with Crippen molar-refractivity contribution >= 4 is 5.78 Å². The molecule has 0 fully saturated rings. The predicted octanol–water partition coefficient (Wildman–Crippen LogP) is 3.54. The number of hydrogen-bond acceptors (Lipinski definition) is 2. The van der Waals surface area contributed by atoms with Gasteiger partial charge in [-0.1, -0.05) is 36.4 Å². The van der Waals surface area contributed by atoms with Crippen molar-refractivity contribution in [3.05, 3.63) is 65.2 Å². The topological polar surface area (TPSA) is 26.3 Å². The lowest BCUT2D eigenvalue weighted by atomic mass is 9.78. The number of rotatable bonds is 3. The van der Waals surface area contributed by atoms with Gasteiger partial charge in [-0.2, -0.15) is 0 Å². The molecule has 0 saturated heterocycles. The number of Topliss-reactive ketones (excluding diaryl/α,β-unsaturated/α-hetero) is 1. The molecule has 1 aliphatic rings. The molecule has 0 saturated carbocycles. The van der Waals surface area contributed by atoms with Crippen LogP contribution in [0.1, 0.15) is 29.0 Å². The van der Waals surface area contributed by atoms with Crippen LogP contribution in [0.2, 0.25) is 0 Å². The molecule has 20 heavy (non-hydrogen) atoms. The fourth-order valence-electron chi connectivity index (χ4n) is 2.94. The minimum atomic E-state index is -0.00736. The van der Waals surface area contributed by atoms with E-state index in [1.54, 1.807) is 7.11 Å². The van der Waals surface area contributed by atoms with Crippen LogP contribution in [-0.4, -0.2) is 12.9 Å². The summed E-state index contributed by atoms with van der Waals surface area (Å²) in [5.74, 6) is 1.22. The van der Waals surface area contributed by atoms with Crippen molar-refractivity contribution in [3.63, 3.8) is 0 Å². The molecule has 1 atom stereocenters. The van der Waals surface area contributed by atoms with Crippen molar-refractivity contribution in [1.29, 1.82) is 0 Å². The molecular formula is C18H18O2. The van der Waals surface area contributed by atoms with Gasteiger partial charge in [0, 0.05) is 12.3 Å². The van der Waals surface area contributed by atoms with Crippen LogP contribution < -0.4 is 4.74 Å². The molecule has 3 rings (SSSR count). The van der Waals surface area contributed by atoms with E-state index in [1.807, 2.05) is 24.3 Å². The second-order valence-corrected chi connectivity index (χ2v) is 5.27. The summed E-state index contributed by atoms with van der Waals surface area (Å²) < 4.78 is 5.28. The Hall–Kier alpha value is -2.09. The fraction of sp³-hybridized carbons (Fsp3) is 0.278. The first-order valence-corrected chi connectivity index (χ1v) is 7.01. The third kappa shape index (κ3) is 2.46. The molecule has 0 N–H and O–H groups in total. The molecule has 102 valence electrons. The number of aryl methyl sites for hydroxylation is 1. The molecule has 2 nitrogen and oxygen atoms in total. The lowest BCUT2D eigenvalue weighted by Gasteiger charge is -2.25. The van der Waals surface area contributed by atoms with Gasteiger partial charge in [0.05, 0.1) is 7.11 Å². The summed E-state index contributed by atoms with van der Waals surface area (Å²) in [5, 5.41) is 0. The second-order valence-electron chi connectivity index (χ2n) is 5.27. The Bertz CT molecular complexity index is 617. The molecule has 0 bridgehead atoms. The highest BCUT2D eigenvalue weighted by molar-refractivity contribution is 5.88. The van der Waals surface area contributed by atoms with E-state index in [0.717, 1.165) is 18.6 Å². The Morgan fingerprint density at radius 1 is 1.10 bits per heavy atom. The molecular weight excluding hydrogens is 248 g/mol. The SMILES string of the molecule is COc1ccc2c(c1)CCC(=O)C2Cc1ccccc1. The first-order chi connectivity index (χ1) is 9.78. The Morgan fingerprint density at radius 3 is 2.65 bits per heavy atom. The lowest BCUT2D eigenvalue weighted by Crippen LogP contribution is -2.22. The van der Waals surface area contributed by atoms with E-state index < -0.39 is 0 Å². The average Bonchev–Trinajstić information content (AvgIpc) is 2.50. The highest BCUT2D eigenvalue weighted by atomic mass is 16.5. The fourth-order valence-corrected chi connectivity index (χ4v) is 2.94. The summed E-state index contributed by atoms with van der Waals surface area (Å²) in [4.78, 5) is 12.3. The van der Waals surface area contributed by atoms with Crippen LogP contribution in [-0.2, 0) is 17.6 Å². The summed E-state index contributed by atoms with van der Waals surface area (Å²) >= 11 is 0. The maximum absolute atomic E-state index is 12.3. The highest BCUT2D eigenvalue weighted by Crippen LogP contribution is 2.33. The van der Waals surface area contributed by atoms with E-state index >= 15 is 0 Å². The summed E-state index contributed by atoms with van der Waals surface area (Å²) in [6.45, 7) is 0. The minimum absolute atomic E-state index is 0.00736.